The molecular weight excluding hydrogens is 218 g/mol. The molecule has 17 heavy (non-hydrogen) atoms. The lowest BCUT2D eigenvalue weighted by molar-refractivity contribution is -0.117. The van der Waals surface area contributed by atoms with Gasteiger partial charge in [0.1, 0.15) is 0 Å². The predicted molar refractivity (Wildman–Crippen MR) is 65.1 cm³/mol. The van der Waals surface area contributed by atoms with E-state index in [-0.39, 0.29) is 19.0 Å². The van der Waals surface area contributed by atoms with Crippen LogP contribution < -0.4 is 11.1 Å². The minimum Gasteiger partial charge on any atom is -0.370 e. The van der Waals surface area contributed by atoms with E-state index >= 15 is 0 Å². The van der Waals surface area contributed by atoms with Gasteiger partial charge in [-0.1, -0.05) is 30.3 Å². The summed E-state index contributed by atoms with van der Waals surface area (Å²) in [5, 5.41) is 2.62. The SMILES string of the molecule is CN(Cc1ccccc1)C(=O)NCCC(N)=O. The summed E-state index contributed by atoms with van der Waals surface area (Å²) in [6.45, 7) is 0.802. The van der Waals surface area contributed by atoms with Gasteiger partial charge in [0.05, 0.1) is 0 Å². The van der Waals surface area contributed by atoms with Gasteiger partial charge in [-0.2, -0.15) is 0 Å². The van der Waals surface area contributed by atoms with E-state index in [1.165, 1.54) is 0 Å². The number of hydrogen-bond acceptors (Lipinski definition) is 2. The molecule has 1 aromatic carbocycles. The Kier molecular flexibility index (Phi) is 5.00. The second-order valence-corrected chi connectivity index (χ2v) is 3.79. The smallest absolute Gasteiger partial charge is 0.317 e. The Bertz CT molecular complexity index is 379. The van der Waals surface area contributed by atoms with E-state index in [0.29, 0.717) is 6.54 Å². The van der Waals surface area contributed by atoms with E-state index in [4.69, 9.17) is 5.73 Å². The molecule has 3 amide bonds. The second-order valence-electron chi connectivity index (χ2n) is 3.79. The minimum atomic E-state index is -0.420. The molecule has 5 nitrogen and oxygen atoms in total. The molecule has 5 heteroatoms. The maximum absolute atomic E-state index is 11.6. The van der Waals surface area contributed by atoms with Gasteiger partial charge >= 0.3 is 6.03 Å². The van der Waals surface area contributed by atoms with Crippen LogP contribution in [0.2, 0.25) is 0 Å². The maximum atomic E-state index is 11.6. The van der Waals surface area contributed by atoms with Crippen LogP contribution >= 0.6 is 0 Å². The molecule has 92 valence electrons. The van der Waals surface area contributed by atoms with Crippen molar-refractivity contribution in [2.45, 2.75) is 13.0 Å². The van der Waals surface area contributed by atoms with Gasteiger partial charge in [-0.25, -0.2) is 4.79 Å². The summed E-state index contributed by atoms with van der Waals surface area (Å²) in [5.41, 5.74) is 6.03. The fourth-order valence-electron chi connectivity index (χ4n) is 1.36. The molecule has 0 heterocycles. The first-order valence-corrected chi connectivity index (χ1v) is 5.41. The molecule has 0 saturated heterocycles. The summed E-state index contributed by atoms with van der Waals surface area (Å²) in [4.78, 5) is 23.6. The second kappa shape index (κ2) is 6.52. The fraction of sp³-hybridized carbons (Fsp3) is 0.333. The Hall–Kier alpha value is -2.04. The van der Waals surface area contributed by atoms with Gasteiger partial charge in [0, 0.05) is 26.6 Å². The van der Waals surface area contributed by atoms with E-state index in [1.807, 2.05) is 30.3 Å². The average molecular weight is 235 g/mol. The molecule has 3 N–H and O–H groups in total. The standard InChI is InChI=1S/C12H17N3O2/c1-15(9-10-5-3-2-4-6-10)12(17)14-8-7-11(13)16/h2-6H,7-9H2,1H3,(H2,13,16)(H,14,17). The van der Waals surface area contributed by atoms with Gasteiger partial charge in [0.25, 0.3) is 0 Å². The Morgan fingerprint density at radius 2 is 1.94 bits per heavy atom. The zero-order valence-electron chi connectivity index (χ0n) is 9.85. The van der Waals surface area contributed by atoms with E-state index in [9.17, 15) is 9.59 Å². The van der Waals surface area contributed by atoms with Crippen LogP contribution in [0.5, 0.6) is 0 Å². The molecule has 0 aromatic heterocycles. The summed E-state index contributed by atoms with van der Waals surface area (Å²) >= 11 is 0. The van der Waals surface area contributed by atoms with Gasteiger partial charge in [-0.05, 0) is 5.56 Å². The molecule has 0 atom stereocenters. The van der Waals surface area contributed by atoms with Crippen LogP contribution in [0.25, 0.3) is 0 Å². The number of carbonyl (C=O) groups excluding carboxylic acids is 2. The normalized spacial score (nSPS) is 9.71. The number of rotatable bonds is 5. The predicted octanol–water partition coefficient (Wildman–Crippen LogP) is 0.703. The zero-order valence-corrected chi connectivity index (χ0v) is 9.85. The molecule has 0 fully saturated rings. The van der Waals surface area contributed by atoms with Crippen molar-refractivity contribution in [3.05, 3.63) is 35.9 Å². The van der Waals surface area contributed by atoms with Crippen molar-refractivity contribution in [2.24, 2.45) is 5.73 Å². The largest absolute Gasteiger partial charge is 0.370 e. The number of nitrogens with one attached hydrogen (secondary N) is 1. The molecule has 1 rings (SSSR count). The monoisotopic (exact) mass is 235 g/mol. The van der Waals surface area contributed by atoms with Gasteiger partial charge in [-0.15, -0.1) is 0 Å². The Balaban J connectivity index is 2.34. The maximum Gasteiger partial charge on any atom is 0.317 e. The van der Waals surface area contributed by atoms with Gasteiger partial charge in [0.15, 0.2) is 0 Å². The van der Waals surface area contributed by atoms with Crippen LogP contribution in [0, 0.1) is 0 Å². The Morgan fingerprint density at radius 3 is 2.53 bits per heavy atom. The molecule has 0 aliphatic rings. The lowest BCUT2D eigenvalue weighted by Crippen LogP contribution is -2.38. The highest BCUT2D eigenvalue weighted by Gasteiger charge is 2.08. The summed E-state index contributed by atoms with van der Waals surface area (Å²) < 4.78 is 0. The first-order chi connectivity index (χ1) is 8.09. The van der Waals surface area contributed by atoms with Crippen LogP contribution in [-0.4, -0.2) is 30.4 Å². The highest BCUT2D eigenvalue weighted by atomic mass is 16.2. The summed E-state index contributed by atoms with van der Waals surface area (Å²) in [6.07, 6.45) is 0.158. The van der Waals surface area contributed by atoms with Gasteiger partial charge < -0.3 is 16.0 Å². The first-order valence-electron chi connectivity index (χ1n) is 5.41. The highest BCUT2D eigenvalue weighted by molar-refractivity contribution is 5.76. The van der Waals surface area contributed by atoms with Crippen LogP contribution in [-0.2, 0) is 11.3 Å². The van der Waals surface area contributed by atoms with Gasteiger partial charge in [0.2, 0.25) is 5.91 Å². The molecule has 0 aliphatic carbocycles. The topological polar surface area (TPSA) is 75.4 Å². The summed E-state index contributed by atoms with van der Waals surface area (Å²) in [6, 6.07) is 9.47. The first kappa shape index (κ1) is 13.0. The van der Waals surface area contributed by atoms with Crippen LogP contribution in [0.3, 0.4) is 0 Å². The molecule has 0 unspecified atom stereocenters. The van der Waals surface area contributed by atoms with Crippen molar-refractivity contribution in [2.75, 3.05) is 13.6 Å². The minimum absolute atomic E-state index is 0.158. The molecule has 0 aliphatic heterocycles. The number of urea groups is 1. The molecule has 1 aromatic rings. The van der Waals surface area contributed by atoms with Crippen LogP contribution in [0.1, 0.15) is 12.0 Å². The fourth-order valence-corrected chi connectivity index (χ4v) is 1.36. The number of carbonyl (C=O) groups is 2. The number of nitrogens with zero attached hydrogens (tertiary/aromatic N) is 1. The quantitative estimate of drug-likeness (QED) is 0.788. The van der Waals surface area contributed by atoms with E-state index < -0.39 is 5.91 Å². The third-order valence-corrected chi connectivity index (χ3v) is 2.26. The highest BCUT2D eigenvalue weighted by Crippen LogP contribution is 2.02. The van der Waals surface area contributed by atoms with E-state index in [0.717, 1.165) is 5.56 Å². The Labute approximate surface area is 101 Å². The van der Waals surface area contributed by atoms with Crippen molar-refractivity contribution in [1.29, 1.82) is 0 Å². The molecule has 0 spiro atoms. The van der Waals surface area contributed by atoms with E-state index in [1.54, 1.807) is 11.9 Å². The summed E-state index contributed by atoms with van der Waals surface area (Å²) in [7, 11) is 1.70. The average Bonchev–Trinajstić information content (AvgIpc) is 2.29. The Morgan fingerprint density at radius 1 is 1.29 bits per heavy atom. The van der Waals surface area contributed by atoms with Crippen molar-refractivity contribution >= 4 is 11.9 Å². The van der Waals surface area contributed by atoms with Crippen molar-refractivity contribution < 1.29 is 9.59 Å². The van der Waals surface area contributed by atoms with Crippen LogP contribution in [0.15, 0.2) is 30.3 Å². The number of benzene rings is 1. The lowest BCUT2D eigenvalue weighted by atomic mass is 10.2. The zero-order chi connectivity index (χ0) is 12.7. The molecule has 0 saturated carbocycles. The third-order valence-electron chi connectivity index (χ3n) is 2.26. The number of primary amides is 1. The number of amides is 3. The van der Waals surface area contributed by atoms with Gasteiger partial charge in [-0.3, -0.25) is 4.79 Å². The third kappa shape index (κ3) is 5.01. The van der Waals surface area contributed by atoms with E-state index in [2.05, 4.69) is 5.32 Å². The molecule has 0 radical (unpaired) electrons. The van der Waals surface area contributed by atoms with Crippen molar-refractivity contribution in [3.63, 3.8) is 0 Å². The lowest BCUT2D eigenvalue weighted by Gasteiger charge is -2.17. The molecule has 0 bridgehead atoms. The van der Waals surface area contributed by atoms with Crippen molar-refractivity contribution in [3.8, 4) is 0 Å². The number of hydrogen-bond donors (Lipinski definition) is 2. The van der Waals surface area contributed by atoms with Crippen molar-refractivity contribution in [1.82, 2.24) is 10.2 Å². The number of nitrogens with two attached hydrogens (primary N) is 1. The van der Waals surface area contributed by atoms with Crippen LogP contribution in [0.4, 0.5) is 4.79 Å². The summed E-state index contributed by atoms with van der Waals surface area (Å²) in [5.74, 6) is -0.420. The molecular formula is C12H17N3O2.